The van der Waals surface area contributed by atoms with Crippen LogP contribution < -0.4 is 4.90 Å². The van der Waals surface area contributed by atoms with Gasteiger partial charge in [-0.15, -0.1) is 21.5 Å². The van der Waals surface area contributed by atoms with Crippen LogP contribution in [0, 0.1) is 11.6 Å². The third-order valence-corrected chi connectivity index (χ3v) is 4.62. The number of hydrogen-bond donors (Lipinski definition) is 0. The van der Waals surface area contributed by atoms with Crippen molar-refractivity contribution in [1.29, 1.82) is 0 Å². The van der Waals surface area contributed by atoms with Gasteiger partial charge in [-0.1, -0.05) is 6.07 Å². The van der Waals surface area contributed by atoms with E-state index in [1.54, 1.807) is 0 Å². The zero-order valence-corrected chi connectivity index (χ0v) is 16.0. The largest absolute Gasteiger partial charge is 0.304 e. The summed E-state index contributed by atoms with van der Waals surface area (Å²) in [5.41, 5.74) is -0.355. The second kappa shape index (κ2) is 7.51. The number of carbonyl (C=O) groups is 1. The van der Waals surface area contributed by atoms with Crippen molar-refractivity contribution < 1.29 is 13.6 Å². The normalized spacial score (nSPS) is 11.6. The van der Waals surface area contributed by atoms with E-state index in [1.807, 2.05) is 38.3 Å². The number of hydrogen-bond acceptors (Lipinski definition) is 5. The zero-order chi connectivity index (χ0) is 19.6. The molecule has 2 heterocycles. The minimum Gasteiger partial charge on any atom is -0.304 e. The van der Waals surface area contributed by atoms with Gasteiger partial charge in [-0.3, -0.25) is 4.79 Å². The fourth-order valence-corrected chi connectivity index (χ4v) is 3.09. The lowest BCUT2D eigenvalue weighted by Gasteiger charge is -2.22. The van der Waals surface area contributed by atoms with E-state index in [2.05, 4.69) is 15.4 Å². The summed E-state index contributed by atoms with van der Waals surface area (Å²) in [6, 6.07) is 6.84. The molecule has 0 aliphatic heterocycles. The second-order valence-electron chi connectivity index (χ2n) is 7.00. The third-order valence-electron chi connectivity index (χ3n) is 3.76. The summed E-state index contributed by atoms with van der Waals surface area (Å²) in [5, 5.41) is 14.0. The molecule has 0 saturated carbocycles. The highest BCUT2D eigenvalue weighted by atomic mass is 32.1. The van der Waals surface area contributed by atoms with Gasteiger partial charge in [0.05, 0.1) is 24.2 Å². The van der Waals surface area contributed by atoms with Gasteiger partial charge in [-0.2, -0.15) is 4.80 Å². The number of nitrogens with zero attached hydrogens (tertiary/aromatic N) is 5. The Morgan fingerprint density at radius 2 is 2.04 bits per heavy atom. The first kappa shape index (κ1) is 19.1. The Labute approximate surface area is 159 Å². The van der Waals surface area contributed by atoms with Crippen molar-refractivity contribution >= 4 is 22.9 Å². The van der Waals surface area contributed by atoms with Gasteiger partial charge >= 0.3 is 0 Å². The van der Waals surface area contributed by atoms with Crippen molar-refractivity contribution in [2.24, 2.45) is 0 Å². The molecule has 2 aromatic heterocycles. The number of amides is 1. The second-order valence-corrected chi connectivity index (χ2v) is 8.03. The molecule has 0 radical (unpaired) electrons. The van der Waals surface area contributed by atoms with E-state index in [0.717, 1.165) is 17.0 Å². The topological polar surface area (TPSA) is 63.9 Å². The summed E-state index contributed by atoms with van der Waals surface area (Å²) >= 11 is 1.45. The molecule has 0 aliphatic carbocycles. The Morgan fingerprint density at radius 3 is 2.63 bits per heavy atom. The summed E-state index contributed by atoms with van der Waals surface area (Å²) < 4.78 is 27.6. The first-order chi connectivity index (χ1) is 12.7. The highest BCUT2D eigenvalue weighted by Crippen LogP contribution is 2.24. The molecule has 1 amide bonds. The fourth-order valence-electron chi connectivity index (χ4n) is 2.40. The van der Waals surface area contributed by atoms with Crippen molar-refractivity contribution in [3.63, 3.8) is 0 Å². The number of rotatable bonds is 5. The molecule has 1 aromatic carbocycles. The smallest absolute Gasteiger partial charge is 0.235 e. The number of aromatic nitrogens is 4. The van der Waals surface area contributed by atoms with E-state index < -0.39 is 17.5 Å². The minimum atomic E-state index is -0.800. The van der Waals surface area contributed by atoms with Crippen LogP contribution >= 0.6 is 11.3 Å². The summed E-state index contributed by atoms with van der Waals surface area (Å²) in [7, 11) is 0. The van der Waals surface area contributed by atoms with E-state index in [1.165, 1.54) is 27.1 Å². The van der Waals surface area contributed by atoms with E-state index in [9.17, 15) is 13.6 Å². The molecule has 0 N–H and O–H groups in total. The molecular weight excluding hydrogens is 372 g/mol. The zero-order valence-electron chi connectivity index (χ0n) is 15.2. The van der Waals surface area contributed by atoms with Crippen LogP contribution in [0.3, 0.4) is 0 Å². The fraction of sp³-hybridized carbons (Fsp3) is 0.333. The van der Waals surface area contributed by atoms with E-state index >= 15 is 0 Å². The monoisotopic (exact) mass is 391 g/mol. The SMILES string of the molecule is CC(C)(C)n1nnc(CC(=O)N(Cc2cccs2)c2ccc(F)cc2F)n1. The van der Waals surface area contributed by atoms with Crippen LogP contribution in [0.25, 0.3) is 0 Å². The van der Waals surface area contributed by atoms with E-state index in [-0.39, 0.29) is 30.0 Å². The van der Waals surface area contributed by atoms with Crippen LogP contribution in [-0.2, 0) is 23.3 Å². The van der Waals surface area contributed by atoms with Gasteiger partial charge < -0.3 is 4.90 Å². The number of carbonyl (C=O) groups excluding carboxylic acids is 1. The molecule has 0 aliphatic rings. The summed E-state index contributed by atoms with van der Waals surface area (Å²) in [4.78, 5) is 16.5. The van der Waals surface area contributed by atoms with Crippen LogP contribution in [0.4, 0.5) is 14.5 Å². The Bertz CT molecular complexity index is 934. The molecule has 0 unspecified atom stereocenters. The average molecular weight is 391 g/mol. The molecule has 9 heteroatoms. The third kappa shape index (κ3) is 4.54. The van der Waals surface area contributed by atoms with E-state index in [0.29, 0.717) is 0 Å². The number of thiophene rings is 1. The highest BCUT2D eigenvalue weighted by Gasteiger charge is 2.24. The Balaban J connectivity index is 1.87. The maximum absolute atomic E-state index is 14.3. The first-order valence-corrected chi connectivity index (χ1v) is 9.19. The standard InChI is InChI=1S/C18H19F2N5OS/c1-18(2,3)25-22-16(21-23-25)10-17(26)24(11-13-5-4-8-27-13)15-7-6-12(19)9-14(15)20/h4-9H,10-11H2,1-3H3. The molecule has 0 spiro atoms. The molecule has 3 rings (SSSR count). The molecule has 0 bridgehead atoms. The maximum atomic E-state index is 14.3. The molecule has 0 saturated heterocycles. The van der Waals surface area contributed by atoms with Crippen molar-refractivity contribution in [3.05, 3.63) is 58.0 Å². The summed E-state index contributed by atoms with van der Waals surface area (Å²) in [6.45, 7) is 5.91. The van der Waals surface area contributed by atoms with Gasteiger partial charge in [0.2, 0.25) is 5.91 Å². The molecule has 27 heavy (non-hydrogen) atoms. The molecule has 0 atom stereocenters. The van der Waals surface area contributed by atoms with Crippen molar-refractivity contribution in [2.75, 3.05) is 4.90 Å². The van der Waals surface area contributed by atoms with Gasteiger partial charge in [0.15, 0.2) is 5.82 Å². The summed E-state index contributed by atoms with van der Waals surface area (Å²) in [5.74, 6) is -1.66. The van der Waals surface area contributed by atoms with Crippen LogP contribution in [-0.4, -0.2) is 26.1 Å². The van der Waals surface area contributed by atoms with Gasteiger partial charge in [0.25, 0.3) is 0 Å². The van der Waals surface area contributed by atoms with Gasteiger partial charge in [-0.05, 0) is 49.6 Å². The predicted octanol–water partition coefficient (Wildman–Crippen LogP) is 3.54. The van der Waals surface area contributed by atoms with Crippen molar-refractivity contribution in [3.8, 4) is 0 Å². The van der Waals surface area contributed by atoms with Gasteiger partial charge in [-0.25, -0.2) is 8.78 Å². The van der Waals surface area contributed by atoms with Crippen LogP contribution in [0.1, 0.15) is 31.5 Å². The lowest BCUT2D eigenvalue weighted by molar-refractivity contribution is -0.118. The van der Waals surface area contributed by atoms with Gasteiger partial charge in [0, 0.05) is 10.9 Å². The van der Waals surface area contributed by atoms with Crippen molar-refractivity contribution in [1.82, 2.24) is 20.2 Å². The summed E-state index contributed by atoms with van der Waals surface area (Å²) in [6.07, 6.45) is -0.141. The number of benzene rings is 1. The Hall–Kier alpha value is -2.68. The molecule has 0 fully saturated rings. The highest BCUT2D eigenvalue weighted by molar-refractivity contribution is 7.09. The van der Waals surface area contributed by atoms with E-state index in [4.69, 9.17) is 0 Å². The average Bonchev–Trinajstić information content (AvgIpc) is 3.24. The molecule has 3 aromatic rings. The lowest BCUT2D eigenvalue weighted by atomic mass is 10.1. The molecule has 142 valence electrons. The van der Waals surface area contributed by atoms with Crippen molar-refractivity contribution in [2.45, 2.75) is 39.3 Å². The molecule has 6 nitrogen and oxygen atoms in total. The minimum absolute atomic E-state index is 0.0120. The number of tetrazole rings is 1. The van der Waals surface area contributed by atoms with Gasteiger partial charge in [0.1, 0.15) is 11.6 Å². The number of anilines is 1. The quantitative estimate of drug-likeness (QED) is 0.667. The first-order valence-electron chi connectivity index (χ1n) is 8.31. The van der Waals surface area contributed by atoms with Crippen LogP contribution in [0.5, 0.6) is 0 Å². The Kier molecular flexibility index (Phi) is 5.31. The number of halogens is 2. The van der Waals surface area contributed by atoms with Crippen LogP contribution in [0.15, 0.2) is 35.7 Å². The van der Waals surface area contributed by atoms with Crippen LogP contribution in [0.2, 0.25) is 0 Å². The predicted molar refractivity (Wildman–Crippen MR) is 98.4 cm³/mol. The lowest BCUT2D eigenvalue weighted by Crippen LogP contribution is -2.32. The maximum Gasteiger partial charge on any atom is 0.235 e. The Morgan fingerprint density at radius 1 is 1.26 bits per heavy atom. The molecular formula is C18H19F2N5OS.